The summed E-state index contributed by atoms with van der Waals surface area (Å²) in [7, 11) is 1.71. The fourth-order valence-corrected chi connectivity index (χ4v) is 2.54. The van der Waals surface area contributed by atoms with Crippen LogP contribution in [0.1, 0.15) is 31.3 Å². The van der Waals surface area contributed by atoms with E-state index in [2.05, 4.69) is 31.1 Å². The first-order valence-electron chi connectivity index (χ1n) is 5.86. The van der Waals surface area contributed by atoms with Gasteiger partial charge in [0.1, 0.15) is 12.7 Å². The zero-order chi connectivity index (χ0) is 12.4. The predicted molar refractivity (Wildman–Crippen MR) is 58.4 cm³/mol. The van der Waals surface area contributed by atoms with Crippen LogP contribution < -0.4 is 0 Å². The Balaban J connectivity index is 1.75. The van der Waals surface area contributed by atoms with Gasteiger partial charge in [0.25, 0.3) is 0 Å². The number of nitrogens with zero attached hydrogens (tertiary/aromatic N) is 8. The maximum atomic E-state index is 5.56. The molecule has 0 saturated heterocycles. The molecule has 0 radical (unpaired) electrons. The van der Waals surface area contributed by atoms with E-state index in [9.17, 15) is 0 Å². The van der Waals surface area contributed by atoms with Crippen LogP contribution in [0.4, 0.5) is 0 Å². The summed E-state index contributed by atoms with van der Waals surface area (Å²) in [5, 5.41) is 22.6. The van der Waals surface area contributed by atoms with E-state index in [0.29, 0.717) is 0 Å². The predicted octanol–water partition coefficient (Wildman–Crippen LogP) is -0.359. The molecule has 9 nitrogen and oxygen atoms in total. The summed E-state index contributed by atoms with van der Waals surface area (Å²) in [5.41, 5.74) is 0. The molecule has 2 aromatic rings. The molecule has 0 N–H and O–H groups in total. The number of hydrogen-bond donors (Lipinski definition) is 0. The van der Waals surface area contributed by atoms with Gasteiger partial charge in [0, 0.05) is 7.11 Å². The SMILES string of the molecule is COC1CC(n2cnnn2)CCC1n1cnnn1. The van der Waals surface area contributed by atoms with Crippen LogP contribution in [0.3, 0.4) is 0 Å². The number of tetrazole rings is 2. The average Bonchev–Trinajstić information content (AvgIpc) is 3.11. The Morgan fingerprint density at radius 1 is 1.06 bits per heavy atom. The van der Waals surface area contributed by atoms with Gasteiger partial charge < -0.3 is 4.74 Å². The molecule has 1 saturated carbocycles. The Hall–Kier alpha value is -1.90. The largest absolute Gasteiger partial charge is 0.379 e. The molecule has 2 heterocycles. The van der Waals surface area contributed by atoms with E-state index < -0.39 is 0 Å². The van der Waals surface area contributed by atoms with Crippen molar-refractivity contribution >= 4 is 0 Å². The Morgan fingerprint density at radius 3 is 2.39 bits per heavy atom. The van der Waals surface area contributed by atoms with Crippen molar-refractivity contribution in [1.82, 2.24) is 40.4 Å². The molecule has 1 aliphatic carbocycles. The highest BCUT2D eigenvalue weighted by molar-refractivity contribution is 4.86. The van der Waals surface area contributed by atoms with Crippen molar-refractivity contribution in [3.8, 4) is 0 Å². The first kappa shape index (κ1) is 11.2. The Labute approximate surface area is 103 Å². The summed E-state index contributed by atoms with van der Waals surface area (Å²) < 4.78 is 9.12. The minimum atomic E-state index is 0.0662. The third-order valence-electron chi connectivity index (χ3n) is 3.48. The molecular formula is C9H14N8O. The Kier molecular flexibility index (Phi) is 2.97. The van der Waals surface area contributed by atoms with Crippen LogP contribution in [0.15, 0.2) is 12.7 Å². The van der Waals surface area contributed by atoms with E-state index >= 15 is 0 Å². The first-order chi connectivity index (χ1) is 8.88. The summed E-state index contributed by atoms with van der Waals surface area (Å²) >= 11 is 0. The van der Waals surface area contributed by atoms with Gasteiger partial charge in [-0.3, -0.25) is 0 Å². The smallest absolute Gasteiger partial charge is 0.138 e. The second kappa shape index (κ2) is 4.77. The zero-order valence-electron chi connectivity index (χ0n) is 9.99. The summed E-state index contributed by atoms with van der Waals surface area (Å²) in [6.45, 7) is 0. The molecule has 0 bridgehead atoms. The van der Waals surface area contributed by atoms with Gasteiger partial charge in [-0.25, -0.2) is 9.36 Å². The summed E-state index contributed by atoms with van der Waals surface area (Å²) in [4.78, 5) is 0. The van der Waals surface area contributed by atoms with E-state index in [-0.39, 0.29) is 18.2 Å². The number of methoxy groups -OCH3 is 1. The normalized spacial score (nSPS) is 28.4. The van der Waals surface area contributed by atoms with Gasteiger partial charge in [-0.2, -0.15) is 0 Å². The highest BCUT2D eigenvalue weighted by atomic mass is 16.5. The van der Waals surface area contributed by atoms with E-state index in [1.54, 1.807) is 29.1 Å². The fourth-order valence-electron chi connectivity index (χ4n) is 2.54. The molecule has 3 atom stereocenters. The number of ether oxygens (including phenoxy) is 1. The molecule has 3 unspecified atom stereocenters. The summed E-state index contributed by atoms with van der Waals surface area (Å²) in [5.74, 6) is 0. The lowest BCUT2D eigenvalue weighted by Crippen LogP contribution is -2.34. The van der Waals surface area contributed by atoms with E-state index in [1.165, 1.54) is 0 Å². The zero-order valence-corrected chi connectivity index (χ0v) is 9.99. The monoisotopic (exact) mass is 250 g/mol. The molecule has 2 aromatic heterocycles. The number of rotatable bonds is 3. The fraction of sp³-hybridized carbons (Fsp3) is 0.778. The molecule has 3 rings (SSSR count). The minimum Gasteiger partial charge on any atom is -0.379 e. The molecule has 0 aromatic carbocycles. The maximum Gasteiger partial charge on any atom is 0.138 e. The average molecular weight is 250 g/mol. The van der Waals surface area contributed by atoms with E-state index in [0.717, 1.165) is 19.3 Å². The van der Waals surface area contributed by atoms with Crippen molar-refractivity contribution in [2.45, 2.75) is 37.5 Å². The summed E-state index contributed by atoms with van der Waals surface area (Å²) in [6, 6.07) is 0.454. The van der Waals surface area contributed by atoms with Gasteiger partial charge in [0.15, 0.2) is 0 Å². The number of hydrogen-bond acceptors (Lipinski definition) is 7. The van der Waals surface area contributed by atoms with Crippen molar-refractivity contribution in [3.63, 3.8) is 0 Å². The molecule has 1 fully saturated rings. The second-order valence-electron chi connectivity index (χ2n) is 4.39. The third kappa shape index (κ3) is 1.96. The Bertz CT molecular complexity index is 469. The molecule has 18 heavy (non-hydrogen) atoms. The van der Waals surface area contributed by atoms with Crippen molar-refractivity contribution in [2.24, 2.45) is 0 Å². The number of aromatic nitrogens is 8. The van der Waals surface area contributed by atoms with Gasteiger partial charge in [0.2, 0.25) is 0 Å². The maximum absolute atomic E-state index is 5.56. The van der Waals surface area contributed by atoms with E-state index in [1.807, 2.05) is 0 Å². The van der Waals surface area contributed by atoms with Crippen LogP contribution in [0.5, 0.6) is 0 Å². The van der Waals surface area contributed by atoms with Crippen LogP contribution in [0.25, 0.3) is 0 Å². The van der Waals surface area contributed by atoms with Crippen molar-refractivity contribution in [2.75, 3.05) is 7.11 Å². The lowest BCUT2D eigenvalue weighted by Gasteiger charge is -2.34. The van der Waals surface area contributed by atoms with Crippen molar-refractivity contribution in [1.29, 1.82) is 0 Å². The topological polar surface area (TPSA) is 96.4 Å². The highest BCUT2D eigenvalue weighted by Crippen LogP contribution is 2.35. The van der Waals surface area contributed by atoms with Gasteiger partial charge in [-0.05, 0) is 40.1 Å². The first-order valence-corrected chi connectivity index (χ1v) is 5.86. The minimum absolute atomic E-state index is 0.0662. The van der Waals surface area contributed by atoms with E-state index in [4.69, 9.17) is 4.74 Å². The molecule has 0 spiro atoms. The van der Waals surface area contributed by atoms with Crippen LogP contribution in [0, 0.1) is 0 Å². The summed E-state index contributed by atoms with van der Waals surface area (Å²) in [6.07, 6.45) is 6.12. The van der Waals surface area contributed by atoms with Crippen LogP contribution in [-0.2, 0) is 4.74 Å². The standard InChI is InChI=1S/C9H14N8O/c1-18-9-4-7(16-5-10-12-14-16)2-3-8(9)17-6-11-13-15-17/h5-9H,2-4H2,1H3. The highest BCUT2D eigenvalue weighted by Gasteiger charge is 2.33. The molecule has 96 valence electrons. The molecule has 9 heteroatoms. The van der Waals surface area contributed by atoms with Crippen LogP contribution >= 0.6 is 0 Å². The Morgan fingerprint density at radius 2 is 1.78 bits per heavy atom. The van der Waals surface area contributed by atoms with Crippen molar-refractivity contribution in [3.05, 3.63) is 12.7 Å². The quantitative estimate of drug-likeness (QED) is 0.733. The molecular weight excluding hydrogens is 236 g/mol. The third-order valence-corrected chi connectivity index (χ3v) is 3.48. The molecule has 0 amide bonds. The van der Waals surface area contributed by atoms with Gasteiger partial charge in [0.05, 0.1) is 18.2 Å². The van der Waals surface area contributed by atoms with Crippen LogP contribution in [-0.4, -0.2) is 53.6 Å². The van der Waals surface area contributed by atoms with Gasteiger partial charge in [-0.1, -0.05) is 0 Å². The molecule has 0 aliphatic heterocycles. The van der Waals surface area contributed by atoms with Crippen molar-refractivity contribution < 1.29 is 4.74 Å². The lowest BCUT2D eigenvalue weighted by atomic mass is 9.88. The van der Waals surface area contributed by atoms with Gasteiger partial charge >= 0.3 is 0 Å². The lowest BCUT2D eigenvalue weighted by molar-refractivity contribution is 0.00553. The molecule has 1 aliphatic rings. The second-order valence-corrected chi connectivity index (χ2v) is 4.39. The van der Waals surface area contributed by atoms with Crippen LogP contribution in [0.2, 0.25) is 0 Å². The van der Waals surface area contributed by atoms with Gasteiger partial charge in [-0.15, -0.1) is 10.2 Å².